The summed E-state index contributed by atoms with van der Waals surface area (Å²) in [6, 6.07) is 8.33. The number of anilines is 1. The first-order chi connectivity index (χ1) is 13.8. The zero-order valence-corrected chi connectivity index (χ0v) is 15.7. The normalized spacial score (nSPS) is 15.2. The molecule has 1 aliphatic rings. The fourth-order valence-corrected chi connectivity index (χ4v) is 3.24. The van der Waals surface area contributed by atoms with Crippen LogP contribution in [0.5, 0.6) is 0 Å². The highest BCUT2D eigenvalue weighted by atomic mass is 19.4. The van der Waals surface area contributed by atoms with E-state index in [2.05, 4.69) is 15.6 Å². The molecule has 2 amide bonds. The summed E-state index contributed by atoms with van der Waals surface area (Å²) in [4.78, 5) is 17.8. The van der Waals surface area contributed by atoms with Gasteiger partial charge in [-0.25, -0.2) is 14.2 Å². The van der Waals surface area contributed by atoms with Crippen LogP contribution in [0.3, 0.4) is 0 Å². The van der Waals surface area contributed by atoms with Crippen LogP contribution < -0.4 is 15.5 Å². The molecule has 3 rings (SSSR count). The second-order valence-corrected chi connectivity index (χ2v) is 6.94. The number of hydrogen-bond donors (Lipinski definition) is 2. The number of nitrogens with zero attached hydrogens (tertiary/aromatic N) is 2. The summed E-state index contributed by atoms with van der Waals surface area (Å²) in [6.45, 7) is 1.57. The lowest BCUT2D eigenvalue weighted by Gasteiger charge is -2.33. The van der Waals surface area contributed by atoms with Crippen LogP contribution in [-0.4, -0.2) is 36.7 Å². The van der Waals surface area contributed by atoms with Gasteiger partial charge in [-0.1, -0.05) is 12.1 Å². The molecule has 1 aromatic heterocycles. The maximum atomic E-state index is 13.1. The lowest BCUT2D eigenvalue weighted by molar-refractivity contribution is -0.137. The Morgan fingerprint density at radius 3 is 2.55 bits per heavy atom. The van der Waals surface area contributed by atoms with E-state index in [4.69, 9.17) is 0 Å². The fourth-order valence-electron chi connectivity index (χ4n) is 3.24. The fraction of sp³-hybridized carbons (Fsp3) is 0.400. The number of amides is 2. The van der Waals surface area contributed by atoms with Gasteiger partial charge in [0.25, 0.3) is 0 Å². The Morgan fingerprint density at radius 2 is 1.93 bits per heavy atom. The van der Waals surface area contributed by atoms with E-state index in [1.165, 1.54) is 18.2 Å². The van der Waals surface area contributed by atoms with E-state index in [0.29, 0.717) is 44.7 Å². The predicted octanol–water partition coefficient (Wildman–Crippen LogP) is 3.75. The zero-order chi connectivity index (χ0) is 20.9. The van der Waals surface area contributed by atoms with Crippen molar-refractivity contribution < 1.29 is 22.4 Å². The Balaban J connectivity index is 1.39. The predicted molar refractivity (Wildman–Crippen MR) is 101 cm³/mol. The Labute approximate surface area is 166 Å². The van der Waals surface area contributed by atoms with Gasteiger partial charge in [-0.15, -0.1) is 0 Å². The number of nitrogens with one attached hydrogen (secondary N) is 2. The van der Waals surface area contributed by atoms with Crippen LogP contribution in [-0.2, 0) is 12.6 Å². The molecular weight excluding hydrogens is 388 g/mol. The van der Waals surface area contributed by atoms with Crippen LogP contribution in [0.25, 0.3) is 0 Å². The summed E-state index contributed by atoms with van der Waals surface area (Å²) in [6.07, 6.45) is -1.69. The first-order valence-corrected chi connectivity index (χ1v) is 9.38. The van der Waals surface area contributed by atoms with Crippen molar-refractivity contribution in [2.24, 2.45) is 0 Å². The molecule has 9 heteroatoms. The van der Waals surface area contributed by atoms with E-state index >= 15 is 0 Å². The molecule has 0 aliphatic carbocycles. The van der Waals surface area contributed by atoms with Gasteiger partial charge in [0.05, 0.1) is 5.56 Å². The number of benzene rings is 1. The van der Waals surface area contributed by atoms with E-state index < -0.39 is 11.7 Å². The Bertz CT molecular complexity index is 818. The van der Waals surface area contributed by atoms with Crippen molar-refractivity contribution in [1.82, 2.24) is 15.6 Å². The molecule has 1 fully saturated rings. The molecule has 29 heavy (non-hydrogen) atoms. The Hall–Kier alpha value is -2.84. The third-order valence-electron chi connectivity index (χ3n) is 4.82. The van der Waals surface area contributed by atoms with E-state index in [9.17, 15) is 22.4 Å². The number of carbonyl (C=O) groups is 1. The largest absolute Gasteiger partial charge is 0.417 e. The van der Waals surface area contributed by atoms with Crippen molar-refractivity contribution in [3.8, 4) is 0 Å². The minimum absolute atomic E-state index is 0.0186. The smallest absolute Gasteiger partial charge is 0.356 e. The van der Waals surface area contributed by atoms with Gasteiger partial charge in [0.2, 0.25) is 0 Å². The minimum Gasteiger partial charge on any atom is -0.356 e. The Kier molecular flexibility index (Phi) is 6.56. The minimum atomic E-state index is -4.40. The highest BCUT2D eigenvalue weighted by Crippen LogP contribution is 2.29. The molecule has 1 saturated heterocycles. The van der Waals surface area contributed by atoms with Crippen molar-refractivity contribution in [2.45, 2.75) is 31.5 Å². The SMILES string of the molecule is O=C(NCCc1cccc(F)c1)NC1CCN(c2ccc(C(F)(F)F)cn2)CC1. The van der Waals surface area contributed by atoms with E-state index in [1.807, 2.05) is 4.90 Å². The summed E-state index contributed by atoms with van der Waals surface area (Å²) >= 11 is 0. The van der Waals surface area contributed by atoms with Gasteiger partial charge in [0, 0.05) is 31.9 Å². The maximum absolute atomic E-state index is 13.1. The molecule has 2 heterocycles. The molecule has 1 aromatic carbocycles. The monoisotopic (exact) mass is 410 g/mol. The lowest BCUT2D eigenvalue weighted by Crippen LogP contribution is -2.48. The van der Waals surface area contributed by atoms with Crippen molar-refractivity contribution in [3.05, 3.63) is 59.5 Å². The van der Waals surface area contributed by atoms with Crippen molar-refractivity contribution in [1.29, 1.82) is 0 Å². The molecule has 5 nitrogen and oxygen atoms in total. The summed E-state index contributed by atoms with van der Waals surface area (Å²) < 4.78 is 51.0. The third kappa shape index (κ3) is 6.07. The maximum Gasteiger partial charge on any atom is 0.417 e. The first kappa shape index (κ1) is 20.9. The van der Waals surface area contributed by atoms with Crippen LogP contribution in [0.2, 0.25) is 0 Å². The number of aromatic nitrogens is 1. The standard InChI is InChI=1S/C20H22F4N4O/c21-16-3-1-2-14(12-16)6-9-25-19(29)27-17-7-10-28(11-8-17)18-5-4-15(13-26-18)20(22,23)24/h1-5,12-13,17H,6-11H2,(H2,25,27,29). The quantitative estimate of drug-likeness (QED) is 0.739. The van der Waals surface area contributed by atoms with Crippen molar-refractivity contribution in [2.75, 3.05) is 24.5 Å². The summed E-state index contributed by atoms with van der Waals surface area (Å²) in [5.41, 5.74) is 0.0374. The molecule has 2 N–H and O–H groups in total. The van der Waals surface area contributed by atoms with Gasteiger partial charge in [-0.3, -0.25) is 0 Å². The number of halogens is 4. The number of pyridine rings is 1. The molecule has 0 atom stereocenters. The number of urea groups is 1. The van der Waals surface area contributed by atoms with Crippen LogP contribution in [0.4, 0.5) is 28.2 Å². The van der Waals surface area contributed by atoms with E-state index in [-0.39, 0.29) is 17.9 Å². The molecule has 0 bridgehead atoms. The number of alkyl halides is 3. The van der Waals surface area contributed by atoms with Gasteiger partial charge < -0.3 is 15.5 Å². The van der Waals surface area contributed by atoms with Crippen LogP contribution in [0, 0.1) is 5.82 Å². The second-order valence-electron chi connectivity index (χ2n) is 6.94. The van der Waals surface area contributed by atoms with Gasteiger partial charge in [0.1, 0.15) is 11.6 Å². The van der Waals surface area contributed by atoms with E-state index in [1.54, 1.807) is 12.1 Å². The average Bonchev–Trinajstić information content (AvgIpc) is 2.68. The van der Waals surface area contributed by atoms with Gasteiger partial charge in [-0.05, 0) is 49.1 Å². The lowest BCUT2D eigenvalue weighted by atomic mass is 10.1. The van der Waals surface area contributed by atoms with E-state index in [0.717, 1.165) is 17.8 Å². The van der Waals surface area contributed by atoms with Crippen LogP contribution >= 0.6 is 0 Å². The molecular formula is C20H22F4N4O. The molecule has 2 aromatic rings. The summed E-state index contributed by atoms with van der Waals surface area (Å²) in [7, 11) is 0. The molecule has 0 unspecified atom stereocenters. The summed E-state index contributed by atoms with van der Waals surface area (Å²) in [5, 5.41) is 5.65. The molecule has 0 spiro atoms. The number of rotatable bonds is 5. The molecule has 156 valence electrons. The third-order valence-corrected chi connectivity index (χ3v) is 4.82. The van der Waals surface area contributed by atoms with Gasteiger partial charge in [-0.2, -0.15) is 13.2 Å². The molecule has 0 radical (unpaired) electrons. The Morgan fingerprint density at radius 1 is 1.17 bits per heavy atom. The highest BCUT2D eigenvalue weighted by Gasteiger charge is 2.31. The zero-order valence-electron chi connectivity index (χ0n) is 15.7. The highest BCUT2D eigenvalue weighted by molar-refractivity contribution is 5.74. The number of carbonyl (C=O) groups excluding carboxylic acids is 1. The number of hydrogen-bond acceptors (Lipinski definition) is 3. The second kappa shape index (κ2) is 9.11. The van der Waals surface area contributed by atoms with Crippen LogP contribution in [0.15, 0.2) is 42.6 Å². The number of piperidine rings is 1. The van der Waals surface area contributed by atoms with Crippen molar-refractivity contribution in [3.63, 3.8) is 0 Å². The van der Waals surface area contributed by atoms with Gasteiger partial charge in [0.15, 0.2) is 0 Å². The molecule has 1 aliphatic heterocycles. The van der Waals surface area contributed by atoms with Crippen molar-refractivity contribution >= 4 is 11.8 Å². The average molecular weight is 410 g/mol. The van der Waals surface area contributed by atoms with Gasteiger partial charge >= 0.3 is 12.2 Å². The van der Waals surface area contributed by atoms with Crippen LogP contribution in [0.1, 0.15) is 24.0 Å². The summed E-state index contributed by atoms with van der Waals surface area (Å²) in [5.74, 6) is 0.192. The molecule has 0 saturated carbocycles. The first-order valence-electron chi connectivity index (χ1n) is 9.38. The topological polar surface area (TPSA) is 57.3 Å².